The van der Waals surface area contributed by atoms with Crippen molar-refractivity contribution in [3.63, 3.8) is 0 Å². The maximum Gasteiger partial charge on any atom is 0.215 e. The topological polar surface area (TPSA) is 37.4 Å². The van der Waals surface area contributed by atoms with Crippen molar-refractivity contribution in [3.05, 3.63) is 35.6 Å². The van der Waals surface area contributed by atoms with E-state index >= 15 is 0 Å². The molecule has 0 bridgehead atoms. The molecule has 0 radical (unpaired) electrons. The average molecular weight is 292 g/mol. The molecule has 0 saturated heterocycles. The van der Waals surface area contributed by atoms with Crippen molar-refractivity contribution in [2.45, 2.75) is 25.4 Å². The standard InChI is InChI=1S/C12H15ClFNO2S/c13-7-8-18(16,17)15(11-5-6-11)9-10-3-1-2-4-12(10)14/h1-4,11H,5-9H2. The van der Waals surface area contributed by atoms with Crippen LogP contribution in [0.1, 0.15) is 18.4 Å². The first-order valence-corrected chi connectivity index (χ1v) is 7.98. The van der Waals surface area contributed by atoms with Crippen LogP contribution in [0.2, 0.25) is 0 Å². The van der Waals surface area contributed by atoms with Gasteiger partial charge in [0.25, 0.3) is 0 Å². The lowest BCUT2D eigenvalue weighted by Gasteiger charge is -2.21. The van der Waals surface area contributed by atoms with E-state index < -0.39 is 10.0 Å². The third-order valence-electron chi connectivity index (χ3n) is 2.93. The van der Waals surface area contributed by atoms with Gasteiger partial charge in [-0.25, -0.2) is 12.8 Å². The molecule has 18 heavy (non-hydrogen) atoms. The summed E-state index contributed by atoms with van der Waals surface area (Å²) in [5, 5.41) is 0. The van der Waals surface area contributed by atoms with E-state index in [1.165, 1.54) is 10.4 Å². The predicted molar refractivity (Wildman–Crippen MR) is 69.5 cm³/mol. The molecule has 1 aliphatic carbocycles. The molecule has 0 spiro atoms. The zero-order valence-electron chi connectivity index (χ0n) is 9.85. The lowest BCUT2D eigenvalue weighted by atomic mass is 10.2. The highest BCUT2D eigenvalue weighted by atomic mass is 35.5. The van der Waals surface area contributed by atoms with Gasteiger partial charge < -0.3 is 0 Å². The molecule has 0 aliphatic heterocycles. The highest BCUT2D eigenvalue weighted by Gasteiger charge is 2.37. The third-order valence-corrected chi connectivity index (χ3v) is 5.21. The van der Waals surface area contributed by atoms with E-state index in [1.54, 1.807) is 18.2 Å². The van der Waals surface area contributed by atoms with Crippen LogP contribution >= 0.6 is 11.6 Å². The third kappa shape index (κ3) is 3.22. The molecule has 6 heteroatoms. The van der Waals surface area contributed by atoms with Gasteiger partial charge in [0.15, 0.2) is 0 Å². The van der Waals surface area contributed by atoms with E-state index in [4.69, 9.17) is 11.6 Å². The van der Waals surface area contributed by atoms with Crippen LogP contribution < -0.4 is 0 Å². The number of rotatable bonds is 6. The number of halogens is 2. The van der Waals surface area contributed by atoms with E-state index in [0.29, 0.717) is 5.56 Å². The van der Waals surface area contributed by atoms with Crippen molar-refractivity contribution in [3.8, 4) is 0 Å². The summed E-state index contributed by atoms with van der Waals surface area (Å²) in [6.45, 7) is 0.0938. The van der Waals surface area contributed by atoms with Crippen molar-refractivity contribution in [2.75, 3.05) is 11.6 Å². The van der Waals surface area contributed by atoms with E-state index in [2.05, 4.69) is 0 Å². The van der Waals surface area contributed by atoms with Gasteiger partial charge >= 0.3 is 0 Å². The summed E-state index contributed by atoms with van der Waals surface area (Å²) in [7, 11) is -3.39. The Labute approximate surface area is 112 Å². The van der Waals surface area contributed by atoms with Crippen LogP contribution in [0, 0.1) is 5.82 Å². The average Bonchev–Trinajstić information content (AvgIpc) is 3.11. The maximum absolute atomic E-state index is 13.6. The molecule has 0 N–H and O–H groups in total. The predicted octanol–water partition coefficient (Wildman–Crippen LogP) is 2.36. The normalized spacial score (nSPS) is 16.2. The summed E-state index contributed by atoms with van der Waals surface area (Å²) in [5.41, 5.74) is 0.405. The highest BCUT2D eigenvalue weighted by molar-refractivity contribution is 7.89. The summed E-state index contributed by atoms with van der Waals surface area (Å²) in [6.07, 6.45) is 1.69. The smallest absolute Gasteiger partial charge is 0.212 e. The number of hydrogen-bond acceptors (Lipinski definition) is 2. The Kier molecular flexibility index (Phi) is 4.25. The van der Waals surface area contributed by atoms with Gasteiger partial charge in [0.1, 0.15) is 5.82 Å². The number of nitrogens with zero attached hydrogens (tertiary/aromatic N) is 1. The second-order valence-corrected chi connectivity index (χ2v) is 6.79. The Morgan fingerprint density at radius 2 is 2.00 bits per heavy atom. The van der Waals surface area contributed by atoms with Crippen LogP contribution in [0.4, 0.5) is 4.39 Å². The number of alkyl halides is 1. The summed E-state index contributed by atoms with van der Waals surface area (Å²) >= 11 is 5.51. The number of hydrogen-bond donors (Lipinski definition) is 0. The Balaban J connectivity index is 2.20. The van der Waals surface area contributed by atoms with Gasteiger partial charge in [-0.15, -0.1) is 11.6 Å². The second kappa shape index (κ2) is 5.55. The fraction of sp³-hybridized carbons (Fsp3) is 0.500. The van der Waals surface area contributed by atoms with E-state index in [1.807, 2.05) is 0 Å². The van der Waals surface area contributed by atoms with Crippen molar-refractivity contribution < 1.29 is 12.8 Å². The summed E-state index contributed by atoms with van der Waals surface area (Å²) in [5.74, 6) is -0.410. The molecule has 1 aliphatic rings. The van der Waals surface area contributed by atoms with Gasteiger partial charge in [0.2, 0.25) is 10.0 Å². The molecule has 0 heterocycles. The molecule has 0 amide bonds. The monoisotopic (exact) mass is 291 g/mol. The summed E-state index contributed by atoms with van der Waals surface area (Å²) < 4.78 is 39.0. The Bertz CT molecular complexity index is 517. The molecule has 1 aromatic carbocycles. The van der Waals surface area contributed by atoms with Gasteiger partial charge in [0.05, 0.1) is 5.75 Å². The minimum atomic E-state index is -3.39. The molecular weight excluding hydrogens is 277 g/mol. The lowest BCUT2D eigenvalue weighted by molar-refractivity contribution is 0.392. The largest absolute Gasteiger partial charge is 0.215 e. The first kappa shape index (κ1) is 13.8. The van der Waals surface area contributed by atoms with Crippen LogP contribution in [0.25, 0.3) is 0 Å². The van der Waals surface area contributed by atoms with Gasteiger partial charge in [-0.2, -0.15) is 4.31 Å². The molecule has 1 fully saturated rings. The molecule has 0 atom stereocenters. The maximum atomic E-state index is 13.6. The zero-order chi connectivity index (χ0) is 13.2. The van der Waals surface area contributed by atoms with Crippen molar-refractivity contribution in [1.29, 1.82) is 0 Å². The van der Waals surface area contributed by atoms with Crippen LogP contribution in [-0.4, -0.2) is 30.4 Å². The first-order valence-electron chi connectivity index (χ1n) is 5.83. The molecule has 1 saturated carbocycles. The molecule has 1 aromatic rings. The molecule has 3 nitrogen and oxygen atoms in total. The van der Waals surface area contributed by atoms with Gasteiger partial charge in [0, 0.05) is 24.0 Å². The molecule has 0 aromatic heterocycles. The van der Waals surface area contributed by atoms with Crippen LogP contribution in [0.15, 0.2) is 24.3 Å². The minimum absolute atomic E-state index is 0.0119. The van der Waals surface area contributed by atoms with Crippen LogP contribution in [0.3, 0.4) is 0 Å². The highest BCUT2D eigenvalue weighted by Crippen LogP contribution is 2.31. The molecule has 100 valence electrons. The quantitative estimate of drug-likeness (QED) is 0.755. The lowest BCUT2D eigenvalue weighted by Crippen LogP contribution is -2.35. The summed E-state index contributed by atoms with van der Waals surface area (Å²) in [4.78, 5) is 0. The van der Waals surface area contributed by atoms with Crippen LogP contribution in [-0.2, 0) is 16.6 Å². The fourth-order valence-electron chi connectivity index (χ4n) is 1.83. The minimum Gasteiger partial charge on any atom is -0.212 e. The van der Waals surface area contributed by atoms with Crippen LogP contribution in [0.5, 0.6) is 0 Å². The first-order chi connectivity index (χ1) is 8.54. The molecule has 2 rings (SSSR count). The molecular formula is C12H15ClFNO2S. The van der Waals surface area contributed by atoms with Crippen molar-refractivity contribution in [1.82, 2.24) is 4.31 Å². The molecule has 0 unspecified atom stereocenters. The fourth-order valence-corrected chi connectivity index (χ4v) is 3.84. The zero-order valence-corrected chi connectivity index (χ0v) is 11.4. The van der Waals surface area contributed by atoms with E-state index in [-0.39, 0.29) is 30.0 Å². The Morgan fingerprint density at radius 1 is 1.33 bits per heavy atom. The number of benzene rings is 1. The summed E-state index contributed by atoms with van der Waals surface area (Å²) in [6, 6.07) is 6.26. The van der Waals surface area contributed by atoms with E-state index in [9.17, 15) is 12.8 Å². The number of sulfonamides is 1. The Hall–Kier alpha value is -0.650. The van der Waals surface area contributed by atoms with Gasteiger partial charge in [-0.1, -0.05) is 18.2 Å². The SMILES string of the molecule is O=S(=O)(CCCl)N(Cc1ccccc1F)C1CC1. The van der Waals surface area contributed by atoms with Gasteiger partial charge in [-0.3, -0.25) is 0 Å². The van der Waals surface area contributed by atoms with Gasteiger partial charge in [-0.05, 0) is 18.9 Å². The Morgan fingerprint density at radius 3 is 2.56 bits per heavy atom. The van der Waals surface area contributed by atoms with E-state index in [0.717, 1.165) is 12.8 Å². The second-order valence-electron chi connectivity index (χ2n) is 4.37. The van der Waals surface area contributed by atoms with Crippen molar-refractivity contribution in [2.24, 2.45) is 0 Å². The van der Waals surface area contributed by atoms with Crippen molar-refractivity contribution >= 4 is 21.6 Å².